The van der Waals surface area contributed by atoms with Crippen molar-refractivity contribution in [2.45, 2.75) is 25.5 Å². The van der Waals surface area contributed by atoms with Crippen molar-refractivity contribution in [2.24, 2.45) is 5.73 Å². The monoisotopic (exact) mass is 264 g/mol. The van der Waals surface area contributed by atoms with Crippen molar-refractivity contribution in [2.75, 3.05) is 11.5 Å². The van der Waals surface area contributed by atoms with Crippen LogP contribution in [0.2, 0.25) is 0 Å². The van der Waals surface area contributed by atoms with Gasteiger partial charge in [-0.3, -0.25) is 9.59 Å². The number of hydrogen-bond donors (Lipinski definition) is 4. The Labute approximate surface area is 103 Å². The van der Waals surface area contributed by atoms with E-state index in [1.165, 1.54) is 18.7 Å². The molecule has 0 bridgehead atoms. The second-order valence-electron chi connectivity index (χ2n) is 3.39. The first kappa shape index (κ1) is 15.7. The minimum atomic E-state index is -1.32. The van der Waals surface area contributed by atoms with E-state index in [0.717, 1.165) is 0 Å². The zero-order chi connectivity index (χ0) is 13.4. The zero-order valence-electron chi connectivity index (χ0n) is 9.38. The standard InChI is InChI=1S/C9H16N2O5S/c1-5(12)8(9(15)16)11-7(14)2-3-17-4-6(10)13/h5,8,12H,2-4H2,1H3,(H2,10,13)(H,11,14)(H,15,16)/t5-,8+/m1/s1. The topological polar surface area (TPSA) is 130 Å². The number of nitrogens with one attached hydrogen (secondary N) is 1. The van der Waals surface area contributed by atoms with Crippen LogP contribution >= 0.6 is 11.8 Å². The first-order valence-corrected chi connectivity index (χ1v) is 6.06. The van der Waals surface area contributed by atoms with E-state index in [4.69, 9.17) is 15.9 Å². The van der Waals surface area contributed by atoms with Gasteiger partial charge in [-0.15, -0.1) is 0 Å². The smallest absolute Gasteiger partial charge is 0.328 e. The molecule has 0 fully saturated rings. The van der Waals surface area contributed by atoms with Crippen LogP contribution in [-0.2, 0) is 14.4 Å². The Bertz CT molecular complexity index is 295. The molecular formula is C9H16N2O5S. The Morgan fingerprint density at radius 3 is 2.41 bits per heavy atom. The predicted octanol–water partition coefficient (Wildman–Crippen LogP) is -1.45. The number of thioether (sulfide) groups is 1. The molecule has 0 aromatic rings. The van der Waals surface area contributed by atoms with Gasteiger partial charge in [0.15, 0.2) is 6.04 Å². The molecule has 0 radical (unpaired) electrons. The lowest BCUT2D eigenvalue weighted by molar-refractivity contribution is -0.144. The average Bonchev–Trinajstić information content (AvgIpc) is 2.19. The molecule has 98 valence electrons. The highest BCUT2D eigenvalue weighted by atomic mass is 32.2. The molecule has 17 heavy (non-hydrogen) atoms. The number of carbonyl (C=O) groups excluding carboxylic acids is 2. The van der Waals surface area contributed by atoms with E-state index >= 15 is 0 Å². The number of carboxylic acids is 1. The van der Waals surface area contributed by atoms with Crippen molar-refractivity contribution in [3.05, 3.63) is 0 Å². The van der Waals surface area contributed by atoms with Crippen molar-refractivity contribution < 1.29 is 24.6 Å². The molecular weight excluding hydrogens is 248 g/mol. The van der Waals surface area contributed by atoms with Gasteiger partial charge in [0.05, 0.1) is 11.9 Å². The van der Waals surface area contributed by atoms with Gasteiger partial charge < -0.3 is 21.3 Å². The van der Waals surface area contributed by atoms with E-state index in [2.05, 4.69) is 5.32 Å². The summed E-state index contributed by atoms with van der Waals surface area (Å²) in [5.41, 5.74) is 4.90. The maximum Gasteiger partial charge on any atom is 0.328 e. The third-order valence-corrected chi connectivity index (χ3v) is 2.76. The summed E-state index contributed by atoms with van der Waals surface area (Å²) < 4.78 is 0. The number of aliphatic hydroxyl groups is 1. The molecule has 5 N–H and O–H groups in total. The van der Waals surface area contributed by atoms with Crippen LogP contribution < -0.4 is 11.1 Å². The van der Waals surface area contributed by atoms with Gasteiger partial charge in [0.25, 0.3) is 0 Å². The first-order valence-electron chi connectivity index (χ1n) is 4.91. The maximum absolute atomic E-state index is 11.3. The van der Waals surface area contributed by atoms with E-state index in [-0.39, 0.29) is 12.2 Å². The summed E-state index contributed by atoms with van der Waals surface area (Å²) in [7, 11) is 0. The van der Waals surface area contributed by atoms with E-state index in [0.29, 0.717) is 5.75 Å². The van der Waals surface area contributed by atoms with E-state index in [1.54, 1.807) is 0 Å². The summed E-state index contributed by atoms with van der Waals surface area (Å²) in [5, 5.41) is 20.0. The summed E-state index contributed by atoms with van der Waals surface area (Å²) in [6, 6.07) is -1.32. The predicted molar refractivity (Wildman–Crippen MR) is 62.4 cm³/mol. The number of aliphatic hydroxyl groups excluding tert-OH is 1. The molecule has 0 spiro atoms. The summed E-state index contributed by atoms with van der Waals surface area (Å²) >= 11 is 1.19. The molecule has 0 aliphatic heterocycles. The van der Waals surface area contributed by atoms with Gasteiger partial charge >= 0.3 is 5.97 Å². The van der Waals surface area contributed by atoms with Crippen LogP contribution in [0.15, 0.2) is 0 Å². The highest BCUT2D eigenvalue weighted by molar-refractivity contribution is 7.99. The van der Waals surface area contributed by atoms with Crippen LogP contribution in [0, 0.1) is 0 Å². The van der Waals surface area contributed by atoms with Crippen molar-refractivity contribution in [1.82, 2.24) is 5.32 Å². The third-order valence-electron chi connectivity index (χ3n) is 1.78. The lowest BCUT2D eigenvalue weighted by atomic mass is 10.2. The molecule has 0 saturated carbocycles. The molecule has 0 rings (SSSR count). The van der Waals surface area contributed by atoms with Gasteiger partial charge in [-0.2, -0.15) is 11.8 Å². The van der Waals surface area contributed by atoms with Gasteiger partial charge in [0, 0.05) is 12.2 Å². The highest BCUT2D eigenvalue weighted by Crippen LogP contribution is 2.02. The molecule has 0 aromatic heterocycles. The Kier molecular flexibility index (Phi) is 7.31. The molecule has 0 aromatic carbocycles. The van der Waals surface area contributed by atoms with Crippen LogP contribution in [0.4, 0.5) is 0 Å². The molecule has 0 aliphatic rings. The molecule has 7 nitrogen and oxygen atoms in total. The number of carboxylic acid groups (broad SMARTS) is 1. The number of primary amides is 1. The maximum atomic E-state index is 11.3. The fourth-order valence-electron chi connectivity index (χ4n) is 0.972. The molecule has 2 atom stereocenters. The fourth-order valence-corrected chi connectivity index (χ4v) is 1.65. The van der Waals surface area contributed by atoms with Crippen molar-refractivity contribution in [3.63, 3.8) is 0 Å². The molecule has 2 amide bonds. The number of hydrogen-bond acceptors (Lipinski definition) is 5. The van der Waals surface area contributed by atoms with Crippen LogP contribution in [0.5, 0.6) is 0 Å². The number of amides is 2. The Hall–Kier alpha value is -1.28. The van der Waals surface area contributed by atoms with Gasteiger partial charge in [0.1, 0.15) is 0 Å². The van der Waals surface area contributed by atoms with Crippen LogP contribution in [0.3, 0.4) is 0 Å². The minimum absolute atomic E-state index is 0.0639. The molecule has 8 heteroatoms. The van der Waals surface area contributed by atoms with Crippen molar-refractivity contribution >= 4 is 29.5 Å². The van der Waals surface area contributed by atoms with E-state index in [1.807, 2.05) is 0 Å². The van der Waals surface area contributed by atoms with E-state index in [9.17, 15) is 14.4 Å². The second kappa shape index (κ2) is 7.91. The number of aliphatic carboxylic acids is 1. The molecule has 0 unspecified atom stereocenters. The Morgan fingerprint density at radius 2 is 2.00 bits per heavy atom. The normalized spacial score (nSPS) is 13.8. The molecule has 0 saturated heterocycles. The highest BCUT2D eigenvalue weighted by Gasteiger charge is 2.24. The number of rotatable bonds is 8. The Morgan fingerprint density at radius 1 is 1.41 bits per heavy atom. The summed E-state index contributed by atoms with van der Waals surface area (Å²) in [6.07, 6.45) is -1.11. The SMILES string of the molecule is C[C@@H](O)[C@H](NC(=O)CCSCC(N)=O)C(=O)O. The lowest BCUT2D eigenvalue weighted by Crippen LogP contribution is -2.47. The largest absolute Gasteiger partial charge is 0.480 e. The Balaban J connectivity index is 3.91. The summed E-state index contributed by atoms with van der Waals surface area (Å²) in [5.74, 6) is -1.77. The average molecular weight is 264 g/mol. The van der Waals surface area contributed by atoms with E-state index < -0.39 is 29.9 Å². The number of nitrogens with two attached hydrogens (primary N) is 1. The second-order valence-corrected chi connectivity index (χ2v) is 4.50. The van der Waals surface area contributed by atoms with Gasteiger partial charge in [-0.1, -0.05) is 0 Å². The van der Waals surface area contributed by atoms with Gasteiger partial charge in [-0.25, -0.2) is 4.79 Å². The number of carbonyl (C=O) groups is 3. The van der Waals surface area contributed by atoms with Crippen LogP contribution in [0.25, 0.3) is 0 Å². The quantitative estimate of drug-likeness (QED) is 0.397. The van der Waals surface area contributed by atoms with Gasteiger partial charge in [0.2, 0.25) is 11.8 Å². The fraction of sp³-hybridized carbons (Fsp3) is 0.667. The van der Waals surface area contributed by atoms with Crippen LogP contribution in [0.1, 0.15) is 13.3 Å². The first-order chi connectivity index (χ1) is 7.84. The summed E-state index contributed by atoms with van der Waals surface area (Å²) in [4.78, 5) is 32.3. The lowest BCUT2D eigenvalue weighted by Gasteiger charge is -2.16. The van der Waals surface area contributed by atoms with Gasteiger partial charge in [-0.05, 0) is 6.92 Å². The minimum Gasteiger partial charge on any atom is -0.480 e. The van der Waals surface area contributed by atoms with Crippen molar-refractivity contribution in [3.8, 4) is 0 Å². The third kappa shape index (κ3) is 7.58. The molecule has 0 aliphatic carbocycles. The van der Waals surface area contributed by atoms with Crippen molar-refractivity contribution in [1.29, 1.82) is 0 Å². The zero-order valence-corrected chi connectivity index (χ0v) is 10.2. The van der Waals surface area contributed by atoms with Crippen LogP contribution in [-0.4, -0.2) is 51.6 Å². The summed E-state index contributed by atoms with van der Waals surface area (Å²) in [6.45, 7) is 1.28. The molecule has 0 heterocycles.